The van der Waals surface area contributed by atoms with Gasteiger partial charge in [-0.3, -0.25) is 0 Å². The molecule has 0 radical (unpaired) electrons. The predicted molar refractivity (Wildman–Crippen MR) is 83.0 cm³/mol. The van der Waals surface area contributed by atoms with Crippen molar-refractivity contribution < 1.29 is 5.11 Å². The maximum Gasteiger partial charge on any atom is 0.131 e. The lowest BCUT2D eigenvalue weighted by molar-refractivity contribution is 0.0968. The van der Waals surface area contributed by atoms with Crippen LogP contribution in [-0.2, 0) is 6.54 Å². The van der Waals surface area contributed by atoms with Gasteiger partial charge in [-0.15, -0.1) is 0 Å². The minimum absolute atomic E-state index is 0.163. The van der Waals surface area contributed by atoms with Crippen molar-refractivity contribution >= 4 is 5.82 Å². The highest BCUT2D eigenvalue weighted by Crippen LogP contribution is 2.24. The molecule has 20 heavy (non-hydrogen) atoms. The second-order valence-electron chi connectivity index (χ2n) is 5.94. The van der Waals surface area contributed by atoms with Crippen molar-refractivity contribution in [3.63, 3.8) is 0 Å². The molecule has 0 spiro atoms. The van der Waals surface area contributed by atoms with Crippen molar-refractivity contribution in [2.45, 2.75) is 46.3 Å². The van der Waals surface area contributed by atoms with Crippen LogP contribution >= 0.6 is 0 Å². The van der Waals surface area contributed by atoms with Crippen LogP contribution in [0.3, 0.4) is 0 Å². The fourth-order valence-corrected chi connectivity index (χ4v) is 2.79. The number of aliphatic hydroxyl groups excluding tert-OH is 1. The van der Waals surface area contributed by atoms with Gasteiger partial charge in [0, 0.05) is 25.8 Å². The fourth-order valence-electron chi connectivity index (χ4n) is 2.79. The second-order valence-corrected chi connectivity index (χ2v) is 5.94. The van der Waals surface area contributed by atoms with Crippen LogP contribution in [0.1, 0.15) is 37.8 Å². The molecule has 1 fully saturated rings. The van der Waals surface area contributed by atoms with E-state index in [9.17, 15) is 5.11 Å². The third-order valence-corrected chi connectivity index (χ3v) is 4.02. The molecule has 4 heteroatoms. The van der Waals surface area contributed by atoms with Crippen LogP contribution in [0.4, 0.5) is 5.82 Å². The van der Waals surface area contributed by atoms with Gasteiger partial charge in [0.05, 0.1) is 6.10 Å². The van der Waals surface area contributed by atoms with E-state index in [0.717, 1.165) is 44.8 Å². The van der Waals surface area contributed by atoms with Crippen molar-refractivity contribution in [2.75, 3.05) is 24.5 Å². The molecule has 0 bridgehead atoms. The number of rotatable bonds is 5. The van der Waals surface area contributed by atoms with E-state index in [1.165, 1.54) is 11.1 Å². The number of hydrogen-bond acceptors (Lipinski definition) is 4. The minimum atomic E-state index is -0.163. The molecule has 1 aliphatic heterocycles. The first-order chi connectivity index (χ1) is 9.61. The molecule has 1 aromatic heterocycles. The SMILES string of the molecule is CCCNCc1cnc(N2CCC(O)C(C)C2)c(C)c1. The fraction of sp³-hybridized carbons (Fsp3) is 0.688. The Morgan fingerprint density at radius 2 is 2.30 bits per heavy atom. The van der Waals surface area contributed by atoms with Gasteiger partial charge in [0.1, 0.15) is 5.82 Å². The molecule has 112 valence electrons. The number of piperidine rings is 1. The third-order valence-electron chi connectivity index (χ3n) is 4.02. The first kappa shape index (κ1) is 15.3. The molecule has 0 aliphatic carbocycles. The zero-order valence-corrected chi connectivity index (χ0v) is 12.9. The standard InChI is InChI=1S/C16H27N3O/c1-4-6-17-9-14-8-12(2)16(18-10-14)19-7-5-15(20)13(3)11-19/h8,10,13,15,17,20H,4-7,9,11H2,1-3H3. The summed E-state index contributed by atoms with van der Waals surface area (Å²) < 4.78 is 0. The van der Waals surface area contributed by atoms with Gasteiger partial charge < -0.3 is 15.3 Å². The summed E-state index contributed by atoms with van der Waals surface area (Å²) in [5.74, 6) is 1.39. The van der Waals surface area contributed by atoms with Crippen molar-refractivity contribution in [3.8, 4) is 0 Å². The lowest BCUT2D eigenvalue weighted by Gasteiger charge is -2.35. The van der Waals surface area contributed by atoms with E-state index in [1.54, 1.807) is 0 Å². The second kappa shape index (κ2) is 7.04. The summed E-state index contributed by atoms with van der Waals surface area (Å²) in [6.45, 7) is 10.1. The monoisotopic (exact) mass is 277 g/mol. The van der Waals surface area contributed by atoms with Crippen LogP contribution in [0.15, 0.2) is 12.3 Å². The molecule has 2 unspecified atom stereocenters. The molecule has 0 aromatic carbocycles. The zero-order valence-electron chi connectivity index (χ0n) is 12.9. The lowest BCUT2D eigenvalue weighted by atomic mass is 9.96. The Labute approximate surface area is 122 Å². The number of aliphatic hydroxyl groups is 1. The lowest BCUT2D eigenvalue weighted by Crippen LogP contribution is -2.42. The molecule has 0 amide bonds. The van der Waals surface area contributed by atoms with E-state index in [4.69, 9.17) is 0 Å². The van der Waals surface area contributed by atoms with Crippen LogP contribution in [0, 0.1) is 12.8 Å². The topological polar surface area (TPSA) is 48.4 Å². The minimum Gasteiger partial charge on any atom is -0.393 e. The van der Waals surface area contributed by atoms with Crippen molar-refractivity contribution in [3.05, 3.63) is 23.4 Å². The molecule has 2 atom stereocenters. The molecular weight excluding hydrogens is 250 g/mol. The molecule has 4 nitrogen and oxygen atoms in total. The number of hydrogen-bond donors (Lipinski definition) is 2. The molecule has 2 rings (SSSR count). The highest BCUT2D eigenvalue weighted by Gasteiger charge is 2.25. The maximum atomic E-state index is 9.82. The summed E-state index contributed by atoms with van der Waals surface area (Å²) >= 11 is 0. The number of nitrogens with zero attached hydrogens (tertiary/aromatic N) is 2. The summed E-state index contributed by atoms with van der Waals surface area (Å²) in [5, 5.41) is 13.2. The molecule has 2 heterocycles. The van der Waals surface area contributed by atoms with E-state index in [1.807, 2.05) is 6.20 Å². The van der Waals surface area contributed by atoms with Gasteiger partial charge in [0.2, 0.25) is 0 Å². The van der Waals surface area contributed by atoms with Crippen molar-refractivity contribution in [2.24, 2.45) is 5.92 Å². The van der Waals surface area contributed by atoms with E-state index >= 15 is 0 Å². The number of pyridine rings is 1. The predicted octanol–water partition coefficient (Wildman–Crippen LogP) is 2.10. The average molecular weight is 277 g/mol. The van der Waals surface area contributed by atoms with Crippen molar-refractivity contribution in [1.29, 1.82) is 0 Å². The Morgan fingerprint density at radius 1 is 1.50 bits per heavy atom. The van der Waals surface area contributed by atoms with E-state index in [0.29, 0.717) is 5.92 Å². The van der Waals surface area contributed by atoms with Crippen LogP contribution in [0.2, 0.25) is 0 Å². The summed E-state index contributed by atoms with van der Waals surface area (Å²) in [6.07, 6.45) is 3.80. The average Bonchev–Trinajstić information content (AvgIpc) is 2.43. The Kier molecular flexibility index (Phi) is 5.38. The van der Waals surface area contributed by atoms with Gasteiger partial charge in [-0.05, 0) is 49.4 Å². The number of nitrogens with one attached hydrogen (secondary N) is 1. The van der Waals surface area contributed by atoms with E-state index < -0.39 is 0 Å². The Morgan fingerprint density at radius 3 is 2.95 bits per heavy atom. The van der Waals surface area contributed by atoms with E-state index in [2.05, 4.69) is 42.0 Å². The zero-order chi connectivity index (χ0) is 14.5. The number of aryl methyl sites for hydroxylation is 1. The van der Waals surface area contributed by atoms with Gasteiger partial charge in [0.15, 0.2) is 0 Å². The maximum absolute atomic E-state index is 9.82. The quantitative estimate of drug-likeness (QED) is 0.809. The van der Waals surface area contributed by atoms with Gasteiger partial charge in [0.25, 0.3) is 0 Å². The summed E-state index contributed by atoms with van der Waals surface area (Å²) in [6, 6.07) is 2.22. The largest absolute Gasteiger partial charge is 0.393 e. The van der Waals surface area contributed by atoms with Gasteiger partial charge in [-0.1, -0.05) is 13.8 Å². The smallest absolute Gasteiger partial charge is 0.131 e. The Hall–Kier alpha value is -1.13. The molecular formula is C16H27N3O. The highest BCUT2D eigenvalue weighted by molar-refractivity contribution is 5.47. The van der Waals surface area contributed by atoms with E-state index in [-0.39, 0.29) is 6.10 Å². The first-order valence-electron chi connectivity index (χ1n) is 7.71. The van der Waals surface area contributed by atoms with Crippen LogP contribution in [0.25, 0.3) is 0 Å². The summed E-state index contributed by atoms with van der Waals surface area (Å²) in [4.78, 5) is 6.95. The van der Waals surface area contributed by atoms with Crippen molar-refractivity contribution in [1.82, 2.24) is 10.3 Å². The van der Waals surface area contributed by atoms with Gasteiger partial charge >= 0.3 is 0 Å². The molecule has 2 N–H and O–H groups in total. The summed E-state index contributed by atoms with van der Waals surface area (Å²) in [5.41, 5.74) is 2.47. The highest BCUT2D eigenvalue weighted by atomic mass is 16.3. The Bertz CT molecular complexity index is 436. The molecule has 0 saturated carbocycles. The molecule has 1 saturated heterocycles. The number of aromatic nitrogens is 1. The first-order valence-corrected chi connectivity index (χ1v) is 7.71. The normalized spacial score (nSPS) is 23.1. The summed E-state index contributed by atoms with van der Waals surface area (Å²) in [7, 11) is 0. The van der Waals surface area contributed by atoms with Crippen LogP contribution < -0.4 is 10.2 Å². The van der Waals surface area contributed by atoms with Crippen LogP contribution in [-0.4, -0.2) is 35.8 Å². The van der Waals surface area contributed by atoms with Gasteiger partial charge in [-0.2, -0.15) is 0 Å². The molecule has 1 aliphatic rings. The Balaban J connectivity index is 2.02. The van der Waals surface area contributed by atoms with Crippen LogP contribution in [0.5, 0.6) is 0 Å². The van der Waals surface area contributed by atoms with Gasteiger partial charge in [-0.25, -0.2) is 4.98 Å². The molecule has 1 aromatic rings. The number of anilines is 1. The third kappa shape index (κ3) is 3.70.